The Bertz CT molecular complexity index is 586. The Morgan fingerprint density at radius 3 is 2.05 bits per heavy atom. The van der Waals surface area contributed by atoms with E-state index in [0.717, 1.165) is 36.0 Å². The fraction of sp³-hybridized carbons (Fsp3) is 0.250. The minimum absolute atomic E-state index is 0.199. The number of benzene rings is 1. The monoisotopic (exact) mass is 252 g/mol. The fourth-order valence-electron chi connectivity index (χ4n) is 2.73. The molecule has 1 heterocycles. The van der Waals surface area contributed by atoms with Crippen LogP contribution in [-0.4, -0.2) is 10.9 Å². The second-order valence-corrected chi connectivity index (χ2v) is 5.11. The second kappa shape index (κ2) is 4.50. The molecule has 3 rings (SSSR count). The zero-order valence-corrected chi connectivity index (χ0v) is 10.7. The van der Waals surface area contributed by atoms with Gasteiger partial charge in [0.2, 0.25) is 5.91 Å². The van der Waals surface area contributed by atoms with E-state index in [2.05, 4.69) is 4.98 Å². The second-order valence-electron chi connectivity index (χ2n) is 5.11. The van der Waals surface area contributed by atoms with Crippen LogP contribution in [0.15, 0.2) is 48.8 Å². The summed E-state index contributed by atoms with van der Waals surface area (Å²) in [6.45, 7) is 0. The lowest BCUT2D eigenvalue weighted by Crippen LogP contribution is -2.46. The van der Waals surface area contributed by atoms with Gasteiger partial charge in [-0.2, -0.15) is 0 Å². The average Bonchev–Trinajstić information content (AvgIpc) is 2.39. The van der Waals surface area contributed by atoms with Crippen LogP contribution in [0.1, 0.15) is 24.8 Å². The lowest BCUT2D eigenvalue weighted by atomic mass is 9.64. The first-order valence-electron chi connectivity index (χ1n) is 6.53. The lowest BCUT2D eigenvalue weighted by Gasteiger charge is -2.39. The third-order valence-corrected chi connectivity index (χ3v) is 4.13. The molecule has 1 saturated carbocycles. The minimum Gasteiger partial charge on any atom is -0.369 e. The van der Waals surface area contributed by atoms with E-state index in [1.54, 1.807) is 12.4 Å². The number of aromatic nitrogens is 1. The molecule has 3 nitrogen and oxygen atoms in total. The van der Waals surface area contributed by atoms with Gasteiger partial charge in [0.25, 0.3) is 0 Å². The molecule has 96 valence electrons. The van der Waals surface area contributed by atoms with Crippen LogP contribution in [-0.2, 0) is 10.2 Å². The highest BCUT2D eigenvalue weighted by molar-refractivity contribution is 5.88. The molecule has 0 unspecified atom stereocenters. The van der Waals surface area contributed by atoms with Crippen LogP contribution in [0.25, 0.3) is 11.1 Å². The number of pyridine rings is 1. The Balaban J connectivity index is 1.93. The van der Waals surface area contributed by atoms with Crippen molar-refractivity contribution in [2.24, 2.45) is 5.73 Å². The summed E-state index contributed by atoms with van der Waals surface area (Å²) in [4.78, 5) is 15.7. The van der Waals surface area contributed by atoms with Gasteiger partial charge < -0.3 is 5.73 Å². The standard InChI is InChI=1S/C16H16N2O/c17-15(19)16(8-1-9-16)14-4-2-12(3-5-14)13-6-10-18-11-7-13/h2-7,10-11H,1,8-9H2,(H2,17,19). The first-order valence-corrected chi connectivity index (χ1v) is 6.53. The number of carbonyl (C=O) groups is 1. The van der Waals surface area contributed by atoms with Crippen molar-refractivity contribution in [2.75, 3.05) is 0 Å². The largest absolute Gasteiger partial charge is 0.369 e. The minimum atomic E-state index is -0.420. The van der Waals surface area contributed by atoms with Gasteiger partial charge in [-0.25, -0.2) is 0 Å². The number of nitrogens with two attached hydrogens (primary N) is 1. The quantitative estimate of drug-likeness (QED) is 0.913. The highest BCUT2D eigenvalue weighted by Crippen LogP contribution is 2.43. The molecule has 3 heteroatoms. The molecule has 1 fully saturated rings. The third kappa shape index (κ3) is 1.91. The van der Waals surface area contributed by atoms with Crippen LogP contribution >= 0.6 is 0 Å². The van der Waals surface area contributed by atoms with Crippen molar-refractivity contribution in [3.63, 3.8) is 0 Å². The van der Waals surface area contributed by atoms with E-state index in [1.807, 2.05) is 36.4 Å². The van der Waals surface area contributed by atoms with Crippen molar-refractivity contribution in [1.29, 1.82) is 0 Å². The van der Waals surface area contributed by atoms with Gasteiger partial charge in [-0.15, -0.1) is 0 Å². The van der Waals surface area contributed by atoms with E-state index in [1.165, 1.54) is 0 Å². The van der Waals surface area contributed by atoms with E-state index in [9.17, 15) is 4.79 Å². The molecule has 2 N–H and O–H groups in total. The Morgan fingerprint density at radius 1 is 1.00 bits per heavy atom. The van der Waals surface area contributed by atoms with Gasteiger partial charge in [0.05, 0.1) is 5.41 Å². The van der Waals surface area contributed by atoms with Gasteiger partial charge in [-0.05, 0) is 41.7 Å². The van der Waals surface area contributed by atoms with Crippen molar-refractivity contribution in [1.82, 2.24) is 4.98 Å². The molecule has 0 atom stereocenters. The van der Waals surface area contributed by atoms with Crippen LogP contribution in [0.2, 0.25) is 0 Å². The molecule has 0 radical (unpaired) electrons. The zero-order valence-electron chi connectivity index (χ0n) is 10.7. The highest BCUT2D eigenvalue weighted by atomic mass is 16.1. The van der Waals surface area contributed by atoms with Gasteiger partial charge >= 0.3 is 0 Å². The van der Waals surface area contributed by atoms with Crippen molar-refractivity contribution in [3.05, 3.63) is 54.4 Å². The van der Waals surface area contributed by atoms with Gasteiger partial charge in [0.1, 0.15) is 0 Å². The first-order chi connectivity index (χ1) is 9.22. The molecular weight excluding hydrogens is 236 g/mol. The molecule has 1 aliphatic carbocycles. The first kappa shape index (κ1) is 11.9. The summed E-state index contributed by atoms with van der Waals surface area (Å²) < 4.78 is 0. The summed E-state index contributed by atoms with van der Waals surface area (Å²) in [6, 6.07) is 12.1. The van der Waals surface area contributed by atoms with Gasteiger partial charge in [-0.3, -0.25) is 9.78 Å². The van der Waals surface area contributed by atoms with Crippen LogP contribution in [0.4, 0.5) is 0 Å². The van der Waals surface area contributed by atoms with Gasteiger partial charge in [0.15, 0.2) is 0 Å². The van der Waals surface area contributed by atoms with Crippen molar-refractivity contribution in [3.8, 4) is 11.1 Å². The zero-order chi connectivity index (χ0) is 13.3. The van der Waals surface area contributed by atoms with E-state index < -0.39 is 5.41 Å². The van der Waals surface area contributed by atoms with Crippen LogP contribution in [0, 0.1) is 0 Å². The summed E-state index contributed by atoms with van der Waals surface area (Å²) in [5.74, 6) is -0.199. The molecule has 0 spiro atoms. The Hall–Kier alpha value is -2.16. The summed E-state index contributed by atoms with van der Waals surface area (Å²) in [5, 5.41) is 0. The van der Waals surface area contributed by atoms with Crippen LogP contribution < -0.4 is 5.73 Å². The topological polar surface area (TPSA) is 56.0 Å². The normalized spacial score (nSPS) is 16.6. The van der Waals surface area contributed by atoms with Crippen LogP contribution in [0.3, 0.4) is 0 Å². The molecule has 19 heavy (non-hydrogen) atoms. The molecular formula is C16H16N2O. The highest BCUT2D eigenvalue weighted by Gasteiger charge is 2.43. The summed E-state index contributed by atoms with van der Waals surface area (Å²) in [5.41, 5.74) is 8.45. The number of primary amides is 1. The predicted molar refractivity (Wildman–Crippen MR) is 74.4 cm³/mol. The maximum absolute atomic E-state index is 11.7. The van der Waals surface area contributed by atoms with E-state index in [-0.39, 0.29) is 5.91 Å². The third-order valence-electron chi connectivity index (χ3n) is 4.13. The predicted octanol–water partition coefficient (Wildman–Crippen LogP) is 2.66. The van der Waals surface area contributed by atoms with E-state index in [4.69, 9.17) is 5.73 Å². The molecule has 0 aliphatic heterocycles. The van der Waals surface area contributed by atoms with Gasteiger partial charge in [-0.1, -0.05) is 30.7 Å². The van der Waals surface area contributed by atoms with Gasteiger partial charge in [0, 0.05) is 12.4 Å². The summed E-state index contributed by atoms with van der Waals surface area (Å²) in [6.07, 6.45) is 6.38. The molecule has 0 saturated heterocycles. The van der Waals surface area contributed by atoms with E-state index >= 15 is 0 Å². The number of nitrogens with zero attached hydrogens (tertiary/aromatic N) is 1. The Labute approximate surface area is 112 Å². The maximum Gasteiger partial charge on any atom is 0.228 e. The fourth-order valence-corrected chi connectivity index (χ4v) is 2.73. The molecule has 1 aromatic carbocycles. The molecule has 1 aromatic heterocycles. The van der Waals surface area contributed by atoms with Crippen LogP contribution in [0.5, 0.6) is 0 Å². The van der Waals surface area contributed by atoms with Crippen molar-refractivity contribution >= 4 is 5.91 Å². The van der Waals surface area contributed by atoms with Crippen molar-refractivity contribution in [2.45, 2.75) is 24.7 Å². The maximum atomic E-state index is 11.7. The molecule has 2 aromatic rings. The van der Waals surface area contributed by atoms with E-state index in [0.29, 0.717) is 0 Å². The number of hydrogen-bond donors (Lipinski definition) is 1. The average molecular weight is 252 g/mol. The number of carbonyl (C=O) groups excluding carboxylic acids is 1. The molecule has 1 amide bonds. The van der Waals surface area contributed by atoms with Crippen molar-refractivity contribution < 1.29 is 4.79 Å². The molecule has 1 aliphatic rings. The number of rotatable bonds is 3. The number of amides is 1. The Morgan fingerprint density at radius 2 is 1.58 bits per heavy atom. The Kier molecular flexibility index (Phi) is 2.82. The lowest BCUT2D eigenvalue weighted by molar-refractivity contribution is -0.126. The summed E-state index contributed by atoms with van der Waals surface area (Å²) in [7, 11) is 0. The smallest absolute Gasteiger partial charge is 0.228 e. The SMILES string of the molecule is NC(=O)C1(c2ccc(-c3ccncc3)cc2)CCC1. The summed E-state index contributed by atoms with van der Waals surface area (Å²) >= 11 is 0. The number of hydrogen-bond acceptors (Lipinski definition) is 2. The molecule has 0 bridgehead atoms.